The summed E-state index contributed by atoms with van der Waals surface area (Å²) in [6.07, 6.45) is 0. The topological polar surface area (TPSA) is 76.7 Å². The normalized spacial score (nSPS) is 11.4. The molecule has 2 amide bonds. The average molecular weight is 356 g/mol. The van der Waals surface area contributed by atoms with Crippen molar-refractivity contribution < 1.29 is 19.1 Å². The molecule has 0 bridgehead atoms. The molecule has 0 radical (unpaired) electrons. The number of ether oxygens (including phenoxy) is 2. The lowest BCUT2D eigenvalue weighted by Crippen LogP contribution is -2.44. The maximum Gasteiger partial charge on any atom is 0.251 e. The smallest absolute Gasteiger partial charge is 0.251 e. The average Bonchev–Trinajstić information content (AvgIpc) is 2.65. The predicted octanol–water partition coefficient (Wildman–Crippen LogP) is 2.45. The number of rotatable bonds is 7. The fourth-order valence-electron chi connectivity index (χ4n) is 2.46. The Kier molecular flexibility index (Phi) is 6.60. The number of amides is 2. The van der Waals surface area contributed by atoms with Crippen molar-refractivity contribution in [2.24, 2.45) is 0 Å². The third-order valence-electron chi connectivity index (χ3n) is 3.94. The zero-order chi connectivity index (χ0) is 19.1. The summed E-state index contributed by atoms with van der Waals surface area (Å²) in [5.74, 6) is 0.685. The first kappa shape index (κ1) is 19.3. The minimum atomic E-state index is -0.650. The number of aryl methyl sites for hydroxylation is 1. The number of benzene rings is 2. The van der Waals surface area contributed by atoms with Crippen molar-refractivity contribution in [3.63, 3.8) is 0 Å². The van der Waals surface area contributed by atoms with E-state index in [1.165, 1.54) is 0 Å². The Morgan fingerprint density at radius 2 is 1.77 bits per heavy atom. The fraction of sp³-hybridized carbons (Fsp3) is 0.300. The van der Waals surface area contributed by atoms with Crippen LogP contribution in [-0.4, -0.2) is 32.1 Å². The van der Waals surface area contributed by atoms with E-state index in [4.69, 9.17) is 9.47 Å². The van der Waals surface area contributed by atoms with Crippen LogP contribution in [-0.2, 0) is 11.3 Å². The van der Waals surface area contributed by atoms with Gasteiger partial charge in [-0.25, -0.2) is 0 Å². The number of nitrogens with one attached hydrogen (secondary N) is 2. The third kappa shape index (κ3) is 4.99. The fourth-order valence-corrected chi connectivity index (χ4v) is 2.46. The molecule has 0 saturated carbocycles. The van der Waals surface area contributed by atoms with Gasteiger partial charge in [-0.2, -0.15) is 0 Å². The molecule has 138 valence electrons. The minimum Gasteiger partial charge on any atom is -0.493 e. The molecule has 0 unspecified atom stereocenters. The molecule has 0 aliphatic carbocycles. The maximum absolute atomic E-state index is 12.2. The van der Waals surface area contributed by atoms with Crippen LogP contribution < -0.4 is 20.1 Å². The van der Waals surface area contributed by atoms with Crippen LogP contribution >= 0.6 is 0 Å². The molecule has 26 heavy (non-hydrogen) atoms. The monoisotopic (exact) mass is 356 g/mol. The van der Waals surface area contributed by atoms with E-state index in [0.29, 0.717) is 23.6 Å². The molecule has 6 nitrogen and oxygen atoms in total. The lowest BCUT2D eigenvalue weighted by molar-refractivity contribution is -0.122. The summed E-state index contributed by atoms with van der Waals surface area (Å²) in [6.45, 7) is 3.89. The van der Waals surface area contributed by atoms with E-state index < -0.39 is 6.04 Å². The predicted molar refractivity (Wildman–Crippen MR) is 99.5 cm³/mol. The molecule has 0 fully saturated rings. The highest BCUT2D eigenvalue weighted by Crippen LogP contribution is 2.27. The van der Waals surface area contributed by atoms with Crippen LogP contribution in [0.3, 0.4) is 0 Å². The van der Waals surface area contributed by atoms with Crippen molar-refractivity contribution in [1.82, 2.24) is 10.6 Å². The zero-order valence-electron chi connectivity index (χ0n) is 15.5. The quantitative estimate of drug-likeness (QED) is 0.799. The third-order valence-corrected chi connectivity index (χ3v) is 3.94. The lowest BCUT2D eigenvalue weighted by atomic mass is 10.1. The number of hydrogen-bond acceptors (Lipinski definition) is 4. The van der Waals surface area contributed by atoms with Gasteiger partial charge in [0.05, 0.1) is 14.2 Å². The molecule has 0 aliphatic rings. The molecule has 0 aliphatic heterocycles. The van der Waals surface area contributed by atoms with Gasteiger partial charge in [0.15, 0.2) is 11.5 Å². The van der Waals surface area contributed by atoms with Crippen molar-refractivity contribution in [3.8, 4) is 11.5 Å². The van der Waals surface area contributed by atoms with Gasteiger partial charge >= 0.3 is 0 Å². The Morgan fingerprint density at radius 3 is 2.42 bits per heavy atom. The van der Waals surface area contributed by atoms with E-state index in [9.17, 15) is 9.59 Å². The van der Waals surface area contributed by atoms with Gasteiger partial charge in [-0.15, -0.1) is 0 Å². The first-order valence-corrected chi connectivity index (χ1v) is 8.30. The second-order valence-electron chi connectivity index (χ2n) is 5.97. The first-order valence-electron chi connectivity index (χ1n) is 8.30. The molecule has 0 heterocycles. The van der Waals surface area contributed by atoms with Crippen molar-refractivity contribution in [1.29, 1.82) is 0 Å². The van der Waals surface area contributed by atoms with Crippen molar-refractivity contribution >= 4 is 11.8 Å². The van der Waals surface area contributed by atoms with Gasteiger partial charge in [0.2, 0.25) is 5.91 Å². The Hall–Kier alpha value is -3.02. The van der Waals surface area contributed by atoms with Crippen molar-refractivity contribution in [2.45, 2.75) is 26.4 Å². The summed E-state index contributed by atoms with van der Waals surface area (Å²) in [5.41, 5.74) is 2.39. The molecule has 1 atom stereocenters. The summed E-state index contributed by atoms with van der Waals surface area (Å²) in [5, 5.41) is 5.51. The minimum absolute atomic E-state index is 0.263. The van der Waals surface area contributed by atoms with Gasteiger partial charge in [0, 0.05) is 12.1 Å². The second kappa shape index (κ2) is 8.89. The molecular weight excluding hydrogens is 332 g/mol. The molecule has 2 aromatic rings. The van der Waals surface area contributed by atoms with Gasteiger partial charge in [-0.3, -0.25) is 9.59 Å². The van der Waals surface area contributed by atoms with Crippen molar-refractivity contribution in [2.75, 3.05) is 14.2 Å². The Balaban J connectivity index is 1.92. The summed E-state index contributed by atoms with van der Waals surface area (Å²) in [7, 11) is 3.13. The van der Waals surface area contributed by atoms with E-state index in [2.05, 4.69) is 10.6 Å². The largest absolute Gasteiger partial charge is 0.493 e. The van der Waals surface area contributed by atoms with E-state index >= 15 is 0 Å². The van der Waals surface area contributed by atoms with Crippen LogP contribution in [0.1, 0.15) is 28.4 Å². The number of carbonyl (C=O) groups excluding carboxylic acids is 2. The van der Waals surface area contributed by atoms with Gasteiger partial charge in [-0.05, 0) is 43.7 Å². The number of carbonyl (C=O) groups is 2. The van der Waals surface area contributed by atoms with Crippen LogP contribution in [0.4, 0.5) is 0 Å². The first-order chi connectivity index (χ1) is 12.4. The molecule has 2 aromatic carbocycles. The Bertz CT molecular complexity index is 789. The van der Waals surface area contributed by atoms with Gasteiger partial charge in [0.1, 0.15) is 6.04 Å². The van der Waals surface area contributed by atoms with Crippen LogP contribution in [0.5, 0.6) is 11.5 Å². The van der Waals surface area contributed by atoms with Crippen LogP contribution in [0.15, 0.2) is 42.5 Å². The lowest BCUT2D eigenvalue weighted by Gasteiger charge is -2.15. The molecule has 0 spiro atoms. The maximum atomic E-state index is 12.2. The van der Waals surface area contributed by atoms with E-state index in [-0.39, 0.29) is 11.8 Å². The number of methoxy groups -OCH3 is 2. The summed E-state index contributed by atoms with van der Waals surface area (Å²) in [6, 6.07) is 12.0. The van der Waals surface area contributed by atoms with Crippen LogP contribution in [0.25, 0.3) is 0 Å². The standard InChI is InChI=1S/C20H24N2O4/c1-13-6-5-7-16(10-13)20(24)22-14(2)19(23)21-12-15-8-9-17(25-3)18(11-15)26-4/h5-11,14H,12H2,1-4H3,(H,21,23)(H,22,24)/t14-/m0/s1. The van der Waals surface area contributed by atoms with E-state index in [0.717, 1.165) is 11.1 Å². The summed E-state index contributed by atoms with van der Waals surface area (Å²) >= 11 is 0. The highest BCUT2D eigenvalue weighted by Gasteiger charge is 2.16. The van der Waals surface area contributed by atoms with Crippen LogP contribution in [0, 0.1) is 6.92 Å². The van der Waals surface area contributed by atoms with Gasteiger partial charge in [-0.1, -0.05) is 23.8 Å². The Morgan fingerprint density at radius 1 is 1.04 bits per heavy atom. The number of hydrogen-bond donors (Lipinski definition) is 2. The Labute approximate surface area is 153 Å². The highest BCUT2D eigenvalue weighted by atomic mass is 16.5. The van der Waals surface area contributed by atoms with E-state index in [1.54, 1.807) is 45.4 Å². The van der Waals surface area contributed by atoms with Crippen molar-refractivity contribution in [3.05, 3.63) is 59.2 Å². The summed E-state index contributed by atoms with van der Waals surface area (Å²) in [4.78, 5) is 24.5. The SMILES string of the molecule is COc1ccc(CNC(=O)[C@H](C)NC(=O)c2cccc(C)c2)cc1OC. The molecule has 0 aromatic heterocycles. The zero-order valence-corrected chi connectivity index (χ0v) is 15.5. The molecule has 2 N–H and O–H groups in total. The van der Waals surface area contributed by atoms with E-state index in [1.807, 2.05) is 25.1 Å². The highest BCUT2D eigenvalue weighted by molar-refractivity contribution is 5.97. The molecule has 2 rings (SSSR count). The second-order valence-corrected chi connectivity index (χ2v) is 5.97. The molecular formula is C20H24N2O4. The van der Waals surface area contributed by atoms with Gasteiger partial charge < -0.3 is 20.1 Å². The molecule has 0 saturated heterocycles. The molecule has 6 heteroatoms. The van der Waals surface area contributed by atoms with Crippen LogP contribution in [0.2, 0.25) is 0 Å². The summed E-state index contributed by atoms with van der Waals surface area (Å²) < 4.78 is 10.4. The van der Waals surface area contributed by atoms with Gasteiger partial charge in [0.25, 0.3) is 5.91 Å².